The molecule has 1 saturated carbocycles. The lowest BCUT2D eigenvalue weighted by atomic mass is 9.50. The van der Waals surface area contributed by atoms with E-state index in [-0.39, 0.29) is 48.3 Å². The maximum absolute atomic E-state index is 13.2. The minimum absolute atomic E-state index is 0.150. The normalized spacial score (nSPS) is 29.9. The summed E-state index contributed by atoms with van der Waals surface area (Å²) in [5.74, 6) is 1.29. The van der Waals surface area contributed by atoms with E-state index in [0.29, 0.717) is 36.2 Å². The van der Waals surface area contributed by atoms with Crippen LogP contribution < -0.4 is 15.4 Å². The van der Waals surface area contributed by atoms with E-state index >= 15 is 0 Å². The summed E-state index contributed by atoms with van der Waals surface area (Å²) >= 11 is 3.62. The zero-order chi connectivity index (χ0) is 36.0. The number of aliphatic hydroxyl groups is 2. The molecule has 3 aromatic carbocycles. The monoisotopic (exact) mass is 759 g/mol. The van der Waals surface area contributed by atoms with Gasteiger partial charge in [0.1, 0.15) is 24.2 Å². The molecule has 8 rings (SSSR count). The molecule has 9 nitrogen and oxygen atoms in total. The number of ether oxygens (including phenoxy) is 2. The first-order chi connectivity index (χ1) is 24.5. The number of carbonyl (C=O) groups is 1. The minimum atomic E-state index is -0.724. The fraction of sp³-hybridized carbons (Fsp3) is 0.488. The Labute approximate surface area is 309 Å². The van der Waals surface area contributed by atoms with Crippen LogP contribution in [0.2, 0.25) is 0 Å². The number of hydrogen-bond donors (Lipinski definition) is 4. The van der Waals surface area contributed by atoms with Crippen LogP contribution in [0.1, 0.15) is 55.6 Å². The molecule has 0 spiro atoms. The number of aliphatic hydroxyl groups excluding tert-OH is 2. The van der Waals surface area contributed by atoms with Crippen molar-refractivity contribution in [2.24, 2.45) is 23.2 Å². The third-order valence-electron chi connectivity index (χ3n) is 11.8. The van der Waals surface area contributed by atoms with Gasteiger partial charge in [0.15, 0.2) is 0 Å². The number of para-hydroxylation sites is 1. The number of rotatable bonds is 13. The Hall–Kier alpha value is -3.09. The topological polar surface area (TPSA) is 116 Å². The zero-order valence-corrected chi connectivity index (χ0v) is 31.6. The van der Waals surface area contributed by atoms with Crippen LogP contribution in [0.4, 0.5) is 0 Å². The number of benzene rings is 3. The standard InChI is InChI=1S/C41H50BrN3O6/c1-23-32-19-29(41(32,3)4)20-33(23)44-40-38(50-40)36-35(24(2)47)34(22-46)51-45(36)21-26-12-9-13-31(37(26)49-5)27-16-28(18-30(42)17-27)39(48)43-15-14-25-10-7-6-8-11-25/h6-13,16-18,20,23-24,32-36,38,40,44,46-47H,14-15,19,21-22H2,1-5H3,(H,43,48)/t23-,24-,32-,33-,34-,35-,36-,38?,40?/m0/s1. The van der Waals surface area contributed by atoms with E-state index < -0.39 is 12.2 Å². The highest BCUT2D eigenvalue weighted by Gasteiger charge is 2.59. The van der Waals surface area contributed by atoms with Gasteiger partial charge in [-0.25, -0.2) is 0 Å². The molecule has 3 aromatic rings. The highest BCUT2D eigenvalue weighted by Crippen LogP contribution is 2.58. The third kappa shape index (κ3) is 7.17. The van der Waals surface area contributed by atoms with Crippen LogP contribution >= 0.6 is 15.9 Å². The SMILES string of the molecule is COc1c(CN2O[C@@H](CO)[C@H]([C@H](C)O)[C@H]2C2OC2N[C@H]2C=C3C[C@@H]([C@@H]2C)C3(C)C)cccc1-c1cc(Br)cc(C(=O)NCCc2ccccc2)c1. The molecule has 0 radical (unpaired) electrons. The lowest BCUT2D eigenvalue weighted by Gasteiger charge is -2.56. The van der Waals surface area contributed by atoms with Crippen molar-refractivity contribution in [3.8, 4) is 16.9 Å². The van der Waals surface area contributed by atoms with E-state index in [1.165, 1.54) is 17.6 Å². The van der Waals surface area contributed by atoms with E-state index in [9.17, 15) is 15.0 Å². The second-order valence-electron chi connectivity index (χ2n) is 15.2. The lowest BCUT2D eigenvalue weighted by molar-refractivity contribution is -0.180. The van der Waals surface area contributed by atoms with Gasteiger partial charge in [-0.3, -0.25) is 14.9 Å². The predicted molar refractivity (Wildman–Crippen MR) is 200 cm³/mol. The molecular formula is C41H50BrN3O6. The van der Waals surface area contributed by atoms with Gasteiger partial charge >= 0.3 is 0 Å². The first-order valence-electron chi connectivity index (χ1n) is 18.1. The molecule has 4 N–H and O–H groups in total. The summed E-state index contributed by atoms with van der Waals surface area (Å²) in [6, 6.07) is 21.6. The van der Waals surface area contributed by atoms with E-state index in [1.807, 2.05) is 59.7 Å². The second kappa shape index (κ2) is 14.7. The van der Waals surface area contributed by atoms with E-state index in [0.717, 1.165) is 27.6 Å². The smallest absolute Gasteiger partial charge is 0.251 e. The number of allylic oxidation sites excluding steroid dienone is 1. The number of hydroxylamine groups is 2. The maximum atomic E-state index is 13.2. The summed E-state index contributed by atoms with van der Waals surface area (Å²) in [4.78, 5) is 19.6. The number of amides is 1. The van der Waals surface area contributed by atoms with Crippen molar-refractivity contribution in [1.82, 2.24) is 15.7 Å². The van der Waals surface area contributed by atoms with Crippen molar-refractivity contribution in [2.45, 2.75) is 83.7 Å². The Kier molecular flexibility index (Phi) is 10.5. The molecule has 2 aliphatic heterocycles. The fourth-order valence-electron chi connectivity index (χ4n) is 8.81. The van der Waals surface area contributed by atoms with Crippen molar-refractivity contribution in [2.75, 3.05) is 20.3 Å². The molecule has 2 saturated heterocycles. The van der Waals surface area contributed by atoms with Gasteiger partial charge in [0, 0.05) is 39.7 Å². The van der Waals surface area contributed by atoms with Crippen LogP contribution in [0.5, 0.6) is 5.75 Å². The number of hydrogen-bond acceptors (Lipinski definition) is 8. The zero-order valence-electron chi connectivity index (χ0n) is 30.0. The molecule has 9 atom stereocenters. The van der Waals surface area contributed by atoms with Gasteiger partial charge in [0.2, 0.25) is 0 Å². The molecule has 51 heavy (non-hydrogen) atoms. The van der Waals surface area contributed by atoms with Crippen LogP contribution in [-0.4, -0.2) is 78.1 Å². The second-order valence-corrected chi connectivity index (χ2v) is 16.1. The minimum Gasteiger partial charge on any atom is -0.496 e. The van der Waals surface area contributed by atoms with Gasteiger partial charge in [0.25, 0.3) is 5.91 Å². The number of halogens is 1. The Morgan fingerprint density at radius 3 is 2.61 bits per heavy atom. The Morgan fingerprint density at radius 1 is 1.14 bits per heavy atom. The van der Waals surface area contributed by atoms with Gasteiger partial charge < -0.3 is 25.0 Å². The molecule has 2 bridgehead atoms. The van der Waals surface area contributed by atoms with Gasteiger partial charge in [-0.05, 0) is 66.3 Å². The number of epoxide rings is 1. The fourth-order valence-corrected chi connectivity index (χ4v) is 9.30. The molecule has 2 heterocycles. The number of nitrogens with one attached hydrogen (secondary N) is 2. The summed E-state index contributed by atoms with van der Waals surface area (Å²) in [6.45, 7) is 9.42. The van der Waals surface area contributed by atoms with Crippen LogP contribution in [0.25, 0.3) is 11.1 Å². The average Bonchev–Trinajstić information content (AvgIpc) is 3.77. The van der Waals surface area contributed by atoms with Gasteiger partial charge in [0.05, 0.1) is 32.4 Å². The van der Waals surface area contributed by atoms with Crippen molar-refractivity contribution >= 4 is 21.8 Å². The summed E-state index contributed by atoms with van der Waals surface area (Å²) in [7, 11) is 1.64. The van der Waals surface area contributed by atoms with Crippen molar-refractivity contribution in [1.29, 1.82) is 0 Å². The predicted octanol–water partition coefficient (Wildman–Crippen LogP) is 5.88. The number of nitrogens with zero attached hydrogens (tertiary/aromatic N) is 1. The molecule has 0 aromatic heterocycles. The number of methoxy groups -OCH3 is 1. The number of fused-ring (bicyclic) bond motifs is 2. The maximum Gasteiger partial charge on any atom is 0.251 e. The van der Waals surface area contributed by atoms with Gasteiger partial charge in [-0.2, -0.15) is 5.06 Å². The highest BCUT2D eigenvalue weighted by molar-refractivity contribution is 9.10. The third-order valence-corrected chi connectivity index (χ3v) is 12.3. The Bertz CT molecular complexity index is 1770. The van der Waals surface area contributed by atoms with Crippen molar-refractivity contribution < 1.29 is 29.3 Å². The molecule has 3 fully saturated rings. The molecule has 5 aliphatic rings. The van der Waals surface area contributed by atoms with Crippen molar-refractivity contribution in [3.63, 3.8) is 0 Å². The van der Waals surface area contributed by atoms with Gasteiger partial charge in [-0.1, -0.05) is 96.9 Å². The molecule has 2 unspecified atom stereocenters. The lowest BCUT2D eigenvalue weighted by Crippen LogP contribution is -2.54. The van der Waals surface area contributed by atoms with E-state index in [1.54, 1.807) is 14.0 Å². The Morgan fingerprint density at radius 2 is 1.92 bits per heavy atom. The number of carbonyl (C=O) groups excluding carboxylic acids is 1. The summed E-state index contributed by atoms with van der Waals surface area (Å²) in [5.41, 5.74) is 6.03. The summed E-state index contributed by atoms with van der Waals surface area (Å²) < 4.78 is 13.1. The quantitative estimate of drug-likeness (QED) is 0.126. The van der Waals surface area contributed by atoms with Gasteiger partial charge in [-0.15, -0.1) is 0 Å². The largest absolute Gasteiger partial charge is 0.496 e. The van der Waals surface area contributed by atoms with E-state index in [2.05, 4.69) is 65.5 Å². The molecule has 10 heteroatoms. The molecule has 1 amide bonds. The average molecular weight is 761 g/mol. The first-order valence-corrected chi connectivity index (χ1v) is 18.9. The Balaban J connectivity index is 1.10. The molecular weight excluding hydrogens is 710 g/mol. The van der Waals surface area contributed by atoms with Crippen molar-refractivity contribution in [3.05, 3.63) is 99.5 Å². The van der Waals surface area contributed by atoms with Crippen LogP contribution in [-0.2, 0) is 22.5 Å². The highest BCUT2D eigenvalue weighted by atomic mass is 79.9. The van der Waals surface area contributed by atoms with Crippen LogP contribution in [0.15, 0.2) is 82.9 Å². The van der Waals surface area contributed by atoms with Crippen LogP contribution in [0.3, 0.4) is 0 Å². The van der Waals surface area contributed by atoms with E-state index in [4.69, 9.17) is 14.3 Å². The van der Waals surface area contributed by atoms with Crippen LogP contribution in [0, 0.1) is 23.2 Å². The summed E-state index contributed by atoms with van der Waals surface area (Å²) in [5, 5.41) is 30.0. The summed E-state index contributed by atoms with van der Waals surface area (Å²) in [6.07, 6.45) is 2.61. The molecule has 3 aliphatic carbocycles. The molecule has 272 valence electrons. The first kappa shape index (κ1) is 36.3.